The molecule has 0 fully saturated rings. The second-order valence-corrected chi connectivity index (χ2v) is 5.22. The van der Waals surface area contributed by atoms with Gasteiger partial charge in [-0.2, -0.15) is 15.2 Å². The highest BCUT2D eigenvalue weighted by Crippen LogP contribution is 2.22. The first-order valence-electron chi connectivity index (χ1n) is 7.20. The molecule has 0 unspecified atom stereocenters. The fraction of sp³-hybridized carbons (Fsp3) is 0.0625. The SMILES string of the molecule is Cc1cc2nn(-c3ccc(F)cc3)nc2cc1N/N=C(\C#N)C(=N)N. The Labute approximate surface area is 141 Å². The first-order valence-corrected chi connectivity index (χ1v) is 7.20. The number of nitrogens with two attached hydrogens (primary N) is 1. The quantitative estimate of drug-likeness (QED) is 0.382. The van der Waals surface area contributed by atoms with Crippen LogP contribution >= 0.6 is 0 Å². The van der Waals surface area contributed by atoms with Gasteiger partial charge in [-0.05, 0) is 48.9 Å². The molecule has 0 atom stereocenters. The van der Waals surface area contributed by atoms with E-state index < -0.39 is 5.84 Å². The molecule has 0 aliphatic heterocycles. The number of anilines is 1. The highest BCUT2D eigenvalue weighted by molar-refractivity contribution is 6.45. The largest absolute Gasteiger partial charge is 0.382 e. The average molecular weight is 336 g/mol. The number of rotatable bonds is 4. The van der Waals surface area contributed by atoms with Crippen LogP contribution in [0.25, 0.3) is 16.7 Å². The molecule has 1 aromatic heterocycles. The summed E-state index contributed by atoms with van der Waals surface area (Å²) in [5.41, 5.74) is 11.1. The van der Waals surface area contributed by atoms with Crippen molar-refractivity contribution in [3.8, 4) is 11.8 Å². The van der Waals surface area contributed by atoms with Gasteiger partial charge in [0.2, 0.25) is 5.71 Å². The van der Waals surface area contributed by atoms with Crippen LogP contribution in [0.4, 0.5) is 10.1 Å². The van der Waals surface area contributed by atoms with E-state index in [-0.39, 0.29) is 11.5 Å². The molecule has 0 bridgehead atoms. The molecule has 0 saturated heterocycles. The molecule has 25 heavy (non-hydrogen) atoms. The highest BCUT2D eigenvalue weighted by Gasteiger charge is 2.09. The van der Waals surface area contributed by atoms with Crippen molar-refractivity contribution in [3.63, 3.8) is 0 Å². The Balaban J connectivity index is 1.97. The van der Waals surface area contributed by atoms with E-state index in [1.54, 1.807) is 30.3 Å². The molecule has 8 nitrogen and oxygen atoms in total. The van der Waals surface area contributed by atoms with Crippen LogP contribution in [-0.4, -0.2) is 26.5 Å². The Morgan fingerprint density at radius 3 is 2.52 bits per heavy atom. The standard InChI is InChI=1S/C16H13FN8/c1-9-6-13-14(7-12(9)21-22-15(8-18)16(19)20)24-25(23-13)11-4-2-10(17)3-5-11/h2-7,21H,1H3,(H3,19,20)/b22-15+. The van der Waals surface area contributed by atoms with Crippen molar-refractivity contribution in [1.29, 1.82) is 10.7 Å². The number of nitrogens with zero attached hydrogens (tertiary/aromatic N) is 5. The number of halogens is 1. The van der Waals surface area contributed by atoms with Gasteiger partial charge >= 0.3 is 0 Å². The lowest BCUT2D eigenvalue weighted by atomic mass is 10.2. The summed E-state index contributed by atoms with van der Waals surface area (Å²) in [5, 5.41) is 28.7. The summed E-state index contributed by atoms with van der Waals surface area (Å²) in [6.45, 7) is 1.84. The first kappa shape index (κ1) is 16.1. The zero-order valence-corrected chi connectivity index (χ0v) is 13.2. The molecule has 0 saturated carbocycles. The average Bonchev–Trinajstić information content (AvgIpc) is 2.98. The lowest BCUT2D eigenvalue weighted by molar-refractivity contribution is 0.626. The van der Waals surface area contributed by atoms with E-state index in [4.69, 9.17) is 16.4 Å². The van der Waals surface area contributed by atoms with E-state index in [1.165, 1.54) is 16.9 Å². The Hall–Kier alpha value is -3.80. The van der Waals surface area contributed by atoms with Gasteiger partial charge < -0.3 is 5.73 Å². The van der Waals surface area contributed by atoms with Crippen LogP contribution < -0.4 is 11.2 Å². The zero-order valence-electron chi connectivity index (χ0n) is 13.2. The minimum atomic E-state index is -0.420. The molecule has 4 N–H and O–H groups in total. The zero-order chi connectivity index (χ0) is 18.0. The molecule has 0 aliphatic rings. The van der Waals surface area contributed by atoms with Crippen molar-refractivity contribution < 1.29 is 4.39 Å². The fourth-order valence-electron chi connectivity index (χ4n) is 2.14. The molecule has 2 aromatic carbocycles. The van der Waals surface area contributed by atoms with Gasteiger partial charge in [-0.3, -0.25) is 10.8 Å². The smallest absolute Gasteiger partial charge is 0.201 e. The summed E-state index contributed by atoms with van der Waals surface area (Å²) >= 11 is 0. The second kappa shape index (κ2) is 6.37. The van der Waals surface area contributed by atoms with Crippen LogP contribution in [0.1, 0.15) is 5.56 Å². The predicted octanol–water partition coefficient (Wildman–Crippen LogP) is 2.10. The number of hydrogen-bond acceptors (Lipinski definition) is 6. The fourth-order valence-corrected chi connectivity index (χ4v) is 2.14. The molecule has 0 aliphatic carbocycles. The number of fused-ring (bicyclic) bond motifs is 1. The second-order valence-electron chi connectivity index (χ2n) is 5.22. The summed E-state index contributed by atoms with van der Waals surface area (Å²) in [5.74, 6) is -0.754. The number of aromatic nitrogens is 3. The molecular formula is C16H13FN8. The molecule has 1 heterocycles. The molecule has 3 aromatic rings. The van der Waals surface area contributed by atoms with Gasteiger partial charge in [0.15, 0.2) is 5.84 Å². The number of aryl methyl sites for hydroxylation is 1. The minimum Gasteiger partial charge on any atom is -0.382 e. The summed E-state index contributed by atoms with van der Waals surface area (Å²) in [7, 11) is 0. The van der Waals surface area contributed by atoms with Crippen LogP contribution in [0, 0.1) is 29.5 Å². The van der Waals surface area contributed by atoms with Crippen molar-refractivity contribution in [2.24, 2.45) is 10.8 Å². The van der Waals surface area contributed by atoms with E-state index in [1.807, 2.05) is 6.92 Å². The molecular weight excluding hydrogens is 323 g/mol. The van der Waals surface area contributed by atoms with Crippen molar-refractivity contribution >= 4 is 28.3 Å². The normalized spacial score (nSPS) is 11.3. The Bertz CT molecular complexity index is 1030. The molecule has 124 valence electrons. The van der Waals surface area contributed by atoms with E-state index >= 15 is 0 Å². The van der Waals surface area contributed by atoms with Gasteiger partial charge in [0, 0.05) is 0 Å². The summed E-state index contributed by atoms with van der Waals surface area (Å²) in [6.07, 6.45) is 0. The third-order valence-corrected chi connectivity index (χ3v) is 3.43. The van der Waals surface area contributed by atoms with Crippen molar-refractivity contribution in [2.75, 3.05) is 5.43 Å². The third kappa shape index (κ3) is 3.28. The van der Waals surface area contributed by atoms with Crippen LogP contribution in [0.15, 0.2) is 41.5 Å². The maximum Gasteiger partial charge on any atom is 0.201 e. The van der Waals surface area contributed by atoms with E-state index in [0.717, 1.165) is 5.56 Å². The number of nitrogens with one attached hydrogen (secondary N) is 2. The molecule has 0 amide bonds. The molecule has 0 radical (unpaired) electrons. The summed E-state index contributed by atoms with van der Waals surface area (Å²) < 4.78 is 13.0. The first-order chi connectivity index (χ1) is 12.0. The number of amidine groups is 1. The topological polar surface area (TPSA) is 129 Å². The van der Waals surface area contributed by atoms with E-state index in [9.17, 15) is 4.39 Å². The van der Waals surface area contributed by atoms with Gasteiger partial charge in [-0.1, -0.05) is 0 Å². The Morgan fingerprint density at radius 2 is 1.92 bits per heavy atom. The number of nitriles is 1. The Kier molecular flexibility index (Phi) is 4.09. The predicted molar refractivity (Wildman–Crippen MR) is 92.1 cm³/mol. The van der Waals surface area contributed by atoms with Crippen molar-refractivity contribution in [2.45, 2.75) is 6.92 Å². The van der Waals surface area contributed by atoms with Gasteiger partial charge in [-0.25, -0.2) is 4.39 Å². The van der Waals surface area contributed by atoms with Gasteiger partial charge in [0.1, 0.15) is 22.9 Å². The third-order valence-electron chi connectivity index (χ3n) is 3.43. The molecule has 3 rings (SSSR count). The van der Waals surface area contributed by atoms with Crippen LogP contribution in [0.3, 0.4) is 0 Å². The van der Waals surface area contributed by atoms with Gasteiger partial charge in [0.05, 0.1) is 11.4 Å². The summed E-state index contributed by atoms with van der Waals surface area (Å²) in [4.78, 5) is 1.41. The van der Waals surface area contributed by atoms with Gasteiger partial charge in [-0.15, -0.1) is 10.2 Å². The van der Waals surface area contributed by atoms with Crippen LogP contribution in [0.2, 0.25) is 0 Å². The number of benzene rings is 2. The number of hydrazone groups is 1. The van der Waals surface area contributed by atoms with Crippen molar-refractivity contribution in [1.82, 2.24) is 15.0 Å². The maximum atomic E-state index is 13.0. The number of hydrogen-bond donors (Lipinski definition) is 3. The van der Waals surface area contributed by atoms with Gasteiger partial charge in [0.25, 0.3) is 0 Å². The minimum absolute atomic E-state index is 0.213. The monoisotopic (exact) mass is 336 g/mol. The highest BCUT2D eigenvalue weighted by atomic mass is 19.1. The van der Waals surface area contributed by atoms with Crippen LogP contribution in [-0.2, 0) is 0 Å². The lowest BCUT2D eigenvalue weighted by Gasteiger charge is -2.04. The maximum absolute atomic E-state index is 13.0. The van der Waals surface area contributed by atoms with E-state index in [0.29, 0.717) is 22.4 Å². The lowest BCUT2D eigenvalue weighted by Crippen LogP contribution is -2.21. The van der Waals surface area contributed by atoms with Crippen molar-refractivity contribution in [3.05, 3.63) is 47.8 Å². The Morgan fingerprint density at radius 1 is 1.28 bits per heavy atom. The van der Waals surface area contributed by atoms with E-state index in [2.05, 4.69) is 20.7 Å². The molecule has 0 spiro atoms. The summed E-state index contributed by atoms with van der Waals surface area (Å²) in [6, 6.07) is 11.1. The van der Waals surface area contributed by atoms with Crippen LogP contribution in [0.5, 0.6) is 0 Å². The molecule has 9 heteroatoms.